The lowest BCUT2D eigenvalue weighted by molar-refractivity contribution is -0.119. The summed E-state index contributed by atoms with van der Waals surface area (Å²) in [5, 5.41) is 0. The van der Waals surface area contributed by atoms with E-state index in [0.29, 0.717) is 24.5 Å². The summed E-state index contributed by atoms with van der Waals surface area (Å²) in [6.45, 7) is 5.73. The molecule has 92 valence electrons. The van der Waals surface area contributed by atoms with E-state index in [9.17, 15) is 4.79 Å². The highest BCUT2D eigenvalue weighted by molar-refractivity contribution is 5.81. The second kappa shape index (κ2) is 5.46. The molecule has 1 aliphatic rings. The van der Waals surface area contributed by atoms with Crippen molar-refractivity contribution < 1.29 is 9.53 Å². The van der Waals surface area contributed by atoms with E-state index in [1.165, 1.54) is 11.1 Å². The van der Waals surface area contributed by atoms with E-state index in [1.54, 1.807) is 0 Å². The molecule has 1 fully saturated rings. The molecule has 17 heavy (non-hydrogen) atoms. The van der Waals surface area contributed by atoms with E-state index in [2.05, 4.69) is 32.0 Å². The van der Waals surface area contributed by atoms with Crippen molar-refractivity contribution in [3.63, 3.8) is 0 Å². The van der Waals surface area contributed by atoms with Crippen molar-refractivity contribution >= 4 is 5.78 Å². The number of rotatable bonds is 4. The van der Waals surface area contributed by atoms with E-state index in [4.69, 9.17) is 4.74 Å². The minimum Gasteiger partial charge on any atom is -0.381 e. The van der Waals surface area contributed by atoms with Gasteiger partial charge in [0.2, 0.25) is 0 Å². The summed E-state index contributed by atoms with van der Waals surface area (Å²) in [7, 11) is 0. The predicted octanol–water partition coefficient (Wildman–Crippen LogP) is 2.84. The zero-order valence-electron chi connectivity index (χ0n) is 10.7. The third-order valence-electron chi connectivity index (χ3n) is 3.22. The highest BCUT2D eigenvalue weighted by Crippen LogP contribution is 2.18. The van der Waals surface area contributed by atoms with Gasteiger partial charge in [0.25, 0.3) is 0 Å². The Hall–Kier alpha value is -1.15. The molecule has 1 aliphatic heterocycles. The first-order valence-corrected chi connectivity index (χ1v) is 6.30. The maximum Gasteiger partial charge on any atom is 0.137 e. The van der Waals surface area contributed by atoms with Crippen LogP contribution >= 0.6 is 0 Å². The van der Waals surface area contributed by atoms with Crippen LogP contribution in [-0.4, -0.2) is 19.0 Å². The largest absolute Gasteiger partial charge is 0.381 e. The third-order valence-corrected chi connectivity index (χ3v) is 3.22. The van der Waals surface area contributed by atoms with Crippen LogP contribution in [0.15, 0.2) is 18.2 Å². The first-order chi connectivity index (χ1) is 8.13. The molecule has 1 unspecified atom stereocenters. The molecule has 1 saturated heterocycles. The summed E-state index contributed by atoms with van der Waals surface area (Å²) in [6, 6.07) is 6.35. The summed E-state index contributed by atoms with van der Waals surface area (Å²) < 4.78 is 5.29. The molecular formula is C15H20O2. The number of aryl methyl sites for hydroxylation is 2. The summed E-state index contributed by atoms with van der Waals surface area (Å²) in [4.78, 5) is 11.9. The Bertz CT molecular complexity index is 383. The highest BCUT2D eigenvalue weighted by Gasteiger charge is 2.19. The van der Waals surface area contributed by atoms with Crippen molar-refractivity contribution in [2.24, 2.45) is 5.92 Å². The topological polar surface area (TPSA) is 26.3 Å². The lowest BCUT2D eigenvalue weighted by atomic mass is 9.96. The van der Waals surface area contributed by atoms with Crippen molar-refractivity contribution in [1.29, 1.82) is 0 Å². The number of carbonyl (C=O) groups excluding carboxylic acids is 1. The first kappa shape index (κ1) is 12.3. The highest BCUT2D eigenvalue weighted by atomic mass is 16.5. The Kier molecular flexibility index (Phi) is 3.95. The lowest BCUT2D eigenvalue weighted by Crippen LogP contribution is -2.10. The molecule has 1 aromatic carbocycles. The molecule has 0 aliphatic carbocycles. The minimum absolute atomic E-state index is 0.338. The Morgan fingerprint density at radius 3 is 2.59 bits per heavy atom. The van der Waals surface area contributed by atoms with Crippen LogP contribution in [0, 0.1) is 19.8 Å². The van der Waals surface area contributed by atoms with E-state index >= 15 is 0 Å². The summed E-state index contributed by atoms with van der Waals surface area (Å²) in [5.74, 6) is 0.791. The number of ketones is 1. The molecule has 2 rings (SSSR count). The van der Waals surface area contributed by atoms with Crippen LogP contribution in [0.2, 0.25) is 0 Å². The number of benzene rings is 1. The molecule has 0 aromatic heterocycles. The molecule has 1 atom stereocenters. The molecule has 0 saturated carbocycles. The third kappa shape index (κ3) is 3.67. The zero-order chi connectivity index (χ0) is 12.3. The van der Waals surface area contributed by atoms with Gasteiger partial charge in [-0.05, 0) is 31.7 Å². The van der Waals surface area contributed by atoms with Crippen molar-refractivity contribution in [3.05, 3.63) is 34.9 Å². The Morgan fingerprint density at radius 2 is 2.00 bits per heavy atom. The second-order valence-electron chi connectivity index (χ2n) is 5.15. The van der Waals surface area contributed by atoms with Gasteiger partial charge in [0.15, 0.2) is 0 Å². The van der Waals surface area contributed by atoms with Crippen LogP contribution in [0.25, 0.3) is 0 Å². The molecule has 2 nitrogen and oxygen atoms in total. The van der Waals surface area contributed by atoms with Gasteiger partial charge in [-0.25, -0.2) is 0 Å². The molecular weight excluding hydrogens is 212 g/mol. The molecule has 1 heterocycles. The molecule has 0 amide bonds. The van der Waals surface area contributed by atoms with Crippen LogP contribution in [0.5, 0.6) is 0 Å². The summed E-state index contributed by atoms with van der Waals surface area (Å²) >= 11 is 0. The number of carbonyl (C=O) groups is 1. The Balaban J connectivity index is 1.92. The van der Waals surface area contributed by atoms with Gasteiger partial charge < -0.3 is 4.74 Å². The predicted molar refractivity (Wildman–Crippen MR) is 68.2 cm³/mol. The van der Waals surface area contributed by atoms with Crippen molar-refractivity contribution in [3.8, 4) is 0 Å². The van der Waals surface area contributed by atoms with Crippen molar-refractivity contribution in [2.45, 2.75) is 33.1 Å². The fourth-order valence-corrected chi connectivity index (χ4v) is 2.54. The lowest BCUT2D eigenvalue weighted by Gasteiger charge is -2.07. The maximum atomic E-state index is 11.9. The quantitative estimate of drug-likeness (QED) is 0.798. The van der Waals surface area contributed by atoms with Gasteiger partial charge in [-0.15, -0.1) is 0 Å². The fourth-order valence-electron chi connectivity index (χ4n) is 2.54. The van der Waals surface area contributed by atoms with E-state index in [1.807, 2.05) is 0 Å². The van der Waals surface area contributed by atoms with E-state index in [0.717, 1.165) is 25.2 Å². The van der Waals surface area contributed by atoms with Crippen molar-refractivity contribution in [1.82, 2.24) is 0 Å². The van der Waals surface area contributed by atoms with Crippen molar-refractivity contribution in [2.75, 3.05) is 13.2 Å². The maximum absolute atomic E-state index is 11.9. The summed E-state index contributed by atoms with van der Waals surface area (Å²) in [5.41, 5.74) is 3.61. The van der Waals surface area contributed by atoms with E-state index in [-0.39, 0.29) is 0 Å². The van der Waals surface area contributed by atoms with Gasteiger partial charge in [-0.3, -0.25) is 4.79 Å². The molecule has 0 N–H and O–H groups in total. The molecule has 0 bridgehead atoms. The SMILES string of the molecule is Cc1cc(C)cc(CC(=O)CC2CCOC2)c1. The number of hydrogen-bond acceptors (Lipinski definition) is 2. The number of hydrogen-bond donors (Lipinski definition) is 0. The monoisotopic (exact) mass is 232 g/mol. The van der Waals surface area contributed by atoms with Gasteiger partial charge in [0, 0.05) is 26.1 Å². The van der Waals surface area contributed by atoms with Gasteiger partial charge in [0.1, 0.15) is 5.78 Å². The Morgan fingerprint density at radius 1 is 1.29 bits per heavy atom. The molecule has 0 spiro atoms. The van der Waals surface area contributed by atoms with Gasteiger partial charge >= 0.3 is 0 Å². The van der Waals surface area contributed by atoms with Crippen LogP contribution in [0.3, 0.4) is 0 Å². The molecule has 0 radical (unpaired) electrons. The number of Topliss-reactive ketones (excluding diaryl/α,β-unsaturated/α-hetero) is 1. The van der Waals surface area contributed by atoms with Crippen LogP contribution < -0.4 is 0 Å². The fraction of sp³-hybridized carbons (Fsp3) is 0.533. The van der Waals surface area contributed by atoms with Gasteiger partial charge in [0.05, 0.1) is 0 Å². The first-order valence-electron chi connectivity index (χ1n) is 6.30. The molecule has 2 heteroatoms. The second-order valence-corrected chi connectivity index (χ2v) is 5.15. The molecule has 1 aromatic rings. The minimum atomic E-state index is 0.338. The van der Waals surface area contributed by atoms with Crippen LogP contribution in [-0.2, 0) is 16.0 Å². The van der Waals surface area contributed by atoms with Gasteiger partial charge in [-0.2, -0.15) is 0 Å². The average molecular weight is 232 g/mol. The Labute approximate surface area is 103 Å². The zero-order valence-corrected chi connectivity index (χ0v) is 10.7. The van der Waals surface area contributed by atoms with Crippen LogP contribution in [0.1, 0.15) is 29.5 Å². The van der Waals surface area contributed by atoms with Gasteiger partial charge in [-0.1, -0.05) is 29.3 Å². The number of ether oxygens (including phenoxy) is 1. The van der Waals surface area contributed by atoms with Crippen LogP contribution in [0.4, 0.5) is 0 Å². The standard InChI is InChI=1S/C15H20O2/c1-11-5-12(2)7-14(6-11)9-15(16)8-13-3-4-17-10-13/h5-7,13H,3-4,8-10H2,1-2H3. The van der Waals surface area contributed by atoms with E-state index < -0.39 is 0 Å². The average Bonchev–Trinajstić information content (AvgIpc) is 2.67. The normalized spacial score (nSPS) is 19.5. The summed E-state index contributed by atoms with van der Waals surface area (Å²) in [6.07, 6.45) is 2.28. The smallest absolute Gasteiger partial charge is 0.137 e.